The molecule has 0 aliphatic carbocycles. The number of anilines is 1. The number of hydrogen-bond acceptors (Lipinski definition) is 8. The van der Waals surface area contributed by atoms with Gasteiger partial charge < -0.3 is 10.2 Å². The maximum absolute atomic E-state index is 14.5. The van der Waals surface area contributed by atoms with Crippen LogP contribution >= 0.6 is 23.1 Å². The van der Waals surface area contributed by atoms with E-state index in [1.807, 2.05) is 22.9 Å². The van der Waals surface area contributed by atoms with Gasteiger partial charge in [-0.1, -0.05) is 12.1 Å². The Balaban J connectivity index is 1.15. The van der Waals surface area contributed by atoms with E-state index in [1.54, 1.807) is 35.7 Å². The average Bonchev–Trinajstić information content (AvgIpc) is 3.50. The standard InChI is InChI=1S/C25H24FN5O2S2/c26-21-3-1-2-19(17-7-11-34-15-17)20(21)14-27-13-16-5-9-31(10-6-16)24-28-8-4-18(29-24)12-22-23(32)30-25(33)35-22/h1-4,7-8,11-12,15-16,27H,5-6,9-10,13-14H2,(H,30,32,33). The number of nitrogens with zero attached hydrogens (tertiary/aromatic N) is 3. The highest BCUT2D eigenvalue weighted by Gasteiger charge is 2.26. The van der Waals surface area contributed by atoms with Crippen LogP contribution in [0.5, 0.6) is 0 Å². The lowest BCUT2D eigenvalue weighted by Crippen LogP contribution is -2.38. The van der Waals surface area contributed by atoms with Crippen LogP contribution in [0.1, 0.15) is 24.1 Å². The number of nitrogens with one attached hydrogen (secondary N) is 2. The van der Waals surface area contributed by atoms with Gasteiger partial charge in [0.25, 0.3) is 11.1 Å². The van der Waals surface area contributed by atoms with Crippen molar-refractivity contribution >= 4 is 46.3 Å². The Morgan fingerprint density at radius 3 is 2.80 bits per heavy atom. The number of rotatable bonds is 7. The molecule has 180 valence electrons. The number of amides is 2. The minimum atomic E-state index is -0.397. The summed E-state index contributed by atoms with van der Waals surface area (Å²) in [5, 5.41) is 9.39. The summed E-state index contributed by atoms with van der Waals surface area (Å²) in [6.07, 6.45) is 5.23. The van der Waals surface area contributed by atoms with Gasteiger partial charge in [0, 0.05) is 31.4 Å². The number of hydrogen-bond donors (Lipinski definition) is 2. The van der Waals surface area contributed by atoms with Crippen molar-refractivity contribution in [3.63, 3.8) is 0 Å². The number of benzene rings is 1. The zero-order valence-electron chi connectivity index (χ0n) is 18.9. The molecule has 2 fully saturated rings. The number of piperidine rings is 1. The van der Waals surface area contributed by atoms with Crippen molar-refractivity contribution < 1.29 is 14.0 Å². The molecule has 0 saturated carbocycles. The first-order chi connectivity index (χ1) is 17.1. The van der Waals surface area contributed by atoms with Crippen LogP contribution in [-0.4, -0.2) is 40.7 Å². The van der Waals surface area contributed by atoms with E-state index in [4.69, 9.17) is 0 Å². The molecule has 2 saturated heterocycles. The molecule has 5 rings (SSSR count). The van der Waals surface area contributed by atoms with E-state index < -0.39 is 5.91 Å². The molecule has 10 heteroatoms. The number of aromatic nitrogens is 2. The molecule has 2 aromatic heterocycles. The van der Waals surface area contributed by atoms with E-state index in [2.05, 4.69) is 25.5 Å². The molecule has 2 N–H and O–H groups in total. The fraction of sp³-hybridized carbons (Fsp3) is 0.280. The molecule has 0 spiro atoms. The quantitative estimate of drug-likeness (QED) is 0.448. The third kappa shape index (κ3) is 5.61. The third-order valence-corrected chi connectivity index (χ3v) is 7.66. The van der Waals surface area contributed by atoms with E-state index in [9.17, 15) is 14.0 Å². The van der Waals surface area contributed by atoms with Crippen molar-refractivity contribution in [2.75, 3.05) is 24.5 Å². The van der Waals surface area contributed by atoms with Gasteiger partial charge in [0.15, 0.2) is 0 Å². The summed E-state index contributed by atoms with van der Waals surface area (Å²) in [4.78, 5) is 34.6. The minimum Gasteiger partial charge on any atom is -0.341 e. The molecule has 2 aliphatic heterocycles. The topological polar surface area (TPSA) is 87.2 Å². The number of thiophene rings is 1. The van der Waals surface area contributed by atoms with Crippen LogP contribution in [-0.2, 0) is 11.3 Å². The van der Waals surface area contributed by atoms with Crippen LogP contribution in [0.3, 0.4) is 0 Å². The predicted molar refractivity (Wildman–Crippen MR) is 137 cm³/mol. The van der Waals surface area contributed by atoms with E-state index in [0.29, 0.717) is 34.6 Å². The predicted octanol–water partition coefficient (Wildman–Crippen LogP) is 4.67. The highest BCUT2D eigenvalue weighted by molar-refractivity contribution is 8.18. The van der Waals surface area contributed by atoms with Crippen molar-refractivity contribution in [1.29, 1.82) is 0 Å². The molecule has 0 unspecified atom stereocenters. The van der Waals surface area contributed by atoms with E-state index in [1.165, 1.54) is 6.07 Å². The number of halogens is 1. The summed E-state index contributed by atoms with van der Waals surface area (Å²) in [7, 11) is 0. The zero-order chi connectivity index (χ0) is 24.2. The second-order valence-electron chi connectivity index (χ2n) is 8.47. The maximum atomic E-state index is 14.5. The molecule has 0 atom stereocenters. The normalized spacial score (nSPS) is 17.9. The molecule has 2 aliphatic rings. The first kappa shape index (κ1) is 23.7. The Morgan fingerprint density at radius 2 is 2.06 bits per heavy atom. The van der Waals surface area contributed by atoms with Crippen molar-refractivity contribution in [3.05, 3.63) is 69.3 Å². The van der Waals surface area contributed by atoms with Gasteiger partial charge in [0.1, 0.15) is 5.82 Å². The Kier molecular flexibility index (Phi) is 7.21. The summed E-state index contributed by atoms with van der Waals surface area (Å²) >= 11 is 2.48. The molecule has 35 heavy (non-hydrogen) atoms. The van der Waals surface area contributed by atoms with Crippen molar-refractivity contribution in [1.82, 2.24) is 20.6 Å². The fourth-order valence-corrected chi connectivity index (χ4v) is 5.64. The van der Waals surface area contributed by atoms with E-state index in [0.717, 1.165) is 55.4 Å². The molecule has 2 amide bonds. The van der Waals surface area contributed by atoms with Crippen LogP contribution in [0.4, 0.5) is 15.1 Å². The lowest BCUT2D eigenvalue weighted by atomic mass is 9.96. The van der Waals surface area contributed by atoms with Gasteiger partial charge in [0.05, 0.1) is 10.6 Å². The van der Waals surface area contributed by atoms with Crippen molar-refractivity contribution in [2.45, 2.75) is 19.4 Å². The van der Waals surface area contributed by atoms with Crippen LogP contribution in [0.2, 0.25) is 0 Å². The number of thioether (sulfide) groups is 1. The maximum Gasteiger partial charge on any atom is 0.290 e. The Hall–Kier alpha value is -3.08. The molecule has 0 radical (unpaired) electrons. The average molecular weight is 510 g/mol. The zero-order valence-corrected chi connectivity index (χ0v) is 20.5. The second-order valence-corrected chi connectivity index (χ2v) is 10.3. The number of carbonyl (C=O) groups is 2. The van der Waals surface area contributed by atoms with Gasteiger partial charge in [-0.3, -0.25) is 14.9 Å². The second kappa shape index (κ2) is 10.7. The van der Waals surface area contributed by atoms with Gasteiger partial charge in [0.2, 0.25) is 5.95 Å². The van der Waals surface area contributed by atoms with Gasteiger partial charge >= 0.3 is 0 Å². The summed E-state index contributed by atoms with van der Waals surface area (Å²) in [6, 6.07) is 8.99. The van der Waals surface area contributed by atoms with Crippen molar-refractivity contribution in [3.8, 4) is 11.1 Å². The van der Waals surface area contributed by atoms with E-state index in [-0.39, 0.29) is 11.1 Å². The molecule has 7 nitrogen and oxygen atoms in total. The monoisotopic (exact) mass is 509 g/mol. The number of carbonyl (C=O) groups excluding carboxylic acids is 2. The summed E-state index contributed by atoms with van der Waals surface area (Å²) in [5.74, 6) is 0.525. The van der Waals surface area contributed by atoms with Crippen molar-refractivity contribution in [2.24, 2.45) is 5.92 Å². The third-order valence-electron chi connectivity index (χ3n) is 6.17. The molecular formula is C25H24FN5O2S2. The first-order valence-electron chi connectivity index (χ1n) is 11.4. The SMILES string of the molecule is O=C1NC(=O)C(=Cc2ccnc(N3CCC(CNCc4c(F)cccc4-c4ccsc4)CC3)n2)S1. The Labute approximate surface area is 210 Å². The minimum absolute atomic E-state index is 0.180. The van der Waals surface area contributed by atoms with Gasteiger partial charge in [-0.2, -0.15) is 11.3 Å². The van der Waals surface area contributed by atoms with Crippen LogP contribution in [0.15, 0.2) is 52.2 Å². The van der Waals surface area contributed by atoms with Crippen LogP contribution < -0.4 is 15.5 Å². The van der Waals surface area contributed by atoms with E-state index >= 15 is 0 Å². The molecule has 0 bridgehead atoms. The molecule has 3 aromatic rings. The highest BCUT2D eigenvalue weighted by Crippen LogP contribution is 2.28. The Morgan fingerprint density at radius 1 is 1.20 bits per heavy atom. The summed E-state index contributed by atoms with van der Waals surface area (Å²) in [5.41, 5.74) is 3.30. The Bertz CT molecular complexity index is 1260. The smallest absolute Gasteiger partial charge is 0.290 e. The van der Waals surface area contributed by atoms with Gasteiger partial charge in [-0.25, -0.2) is 14.4 Å². The molecule has 4 heterocycles. The van der Waals surface area contributed by atoms with Crippen LogP contribution in [0.25, 0.3) is 17.2 Å². The lowest BCUT2D eigenvalue weighted by molar-refractivity contribution is -0.115. The van der Waals surface area contributed by atoms with Gasteiger partial charge in [-0.15, -0.1) is 0 Å². The highest BCUT2D eigenvalue weighted by atomic mass is 32.2. The molecular weight excluding hydrogens is 485 g/mol. The van der Waals surface area contributed by atoms with Crippen LogP contribution in [0, 0.1) is 11.7 Å². The summed E-state index contributed by atoms with van der Waals surface area (Å²) < 4.78 is 14.5. The number of imide groups is 1. The largest absolute Gasteiger partial charge is 0.341 e. The van der Waals surface area contributed by atoms with Gasteiger partial charge in [-0.05, 0) is 83.2 Å². The summed E-state index contributed by atoms with van der Waals surface area (Å²) in [6.45, 7) is 2.95. The fourth-order valence-electron chi connectivity index (χ4n) is 4.31. The molecule has 1 aromatic carbocycles. The lowest BCUT2D eigenvalue weighted by Gasteiger charge is -2.32. The first-order valence-corrected chi connectivity index (χ1v) is 13.2.